The number of benzene rings is 10. The van der Waals surface area contributed by atoms with Gasteiger partial charge in [0, 0.05) is 50.0 Å². The smallest absolute Gasteiger partial charge is 0.0547 e. The Balaban J connectivity index is 1.03. The zero-order valence-electron chi connectivity index (χ0n) is 32.4. The molecule has 0 atom stereocenters. The number of hydrogen-bond acceptors (Lipinski definition) is 2. The molecule has 3 nitrogen and oxygen atoms in total. The van der Waals surface area contributed by atoms with Gasteiger partial charge in [-0.25, -0.2) is 0 Å². The highest BCUT2D eigenvalue weighted by Crippen LogP contribution is 2.44. The average molecular weight is 754 g/mol. The summed E-state index contributed by atoms with van der Waals surface area (Å²) in [5.74, 6) is 0. The fraction of sp³-hybridized carbons (Fsp3) is 0. The first-order valence-corrected chi connectivity index (χ1v) is 20.2. The second-order valence-electron chi connectivity index (χ2n) is 15.0. The van der Waals surface area contributed by atoms with Crippen LogP contribution in [0.1, 0.15) is 0 Å². The summed E-state index contributed by atoms with van der Waals surface area (Å²) in [5, 5.41) is 7.34. The Morgan fingerprint density at radius 1 is 0.288 bits per heavy atom. The second-order valence-corrected chi connectivity index (χ2v) is 15.0. The maximum Gasteiger partial charge on any atom is 0.0547 e. The van der Waals surface area contributed by atoms with E-state index in [2.05, 4.69) is 251 Å². The number of para-hydroxylation sites is 3. The molecule has 0 unspecified atom stereocenters. The molecule has 1 aromatic heterocycles. The molecule has 0 saturated carbocycles. The van der Waals surface area contributed by atoms with Gasteiger partial charge in [-0.05, 0) is 107 Å². The van der Waals surface area contributed by atoms with E-state index in [-0.39, 0.29) is 0 Å². The lowest BCUT2D eigenvalue weighted by molar-refractivity contribution is 1.17. The summed E-state index contributed by atoms with van der Waals surface area (Å²) < 4.78 is 2.41. The molecule has 278 valence electrons. The molecule has 0 saturated heterocycles. The number of nitrogens with zero attached hydrogens (tertiary/aromatic N) is 3. The molecule has 1 heterocycles. The van der Waals surface area contributed by atoms with Crippen LogP contribution < -0.4 is 9.80 Å². The van der Waals surface area contributed by atoms with Crippen molar-refractivity contribution in [3.63, 3.8) is 0 Å². The molecule has 0 radical (unpaired) electrons. The SMILES string of the molecule is c1ccc(N(c2ccccc2)c2ccc(-n3c4ccccc4c4c(-c5ccc(N(c6cccc7ccccc67)c6cccc7ccccc67)cc5)cccc43)cc2)cc1. The lowest BCUT2D eigenvalue weighted by atomic mass is 9.98. The van der Waals surface area contributed by atoms with E-state index in [0.29, 0.717) is 0 Å². The molecule has 0 fully saturated rings. The van der Waals surface area contributed by atoms with Gasteiger partial charge in [0.15, 0.2) is 0 Å². The van der Waals surface area contributed by atoms with Crippen molar-refractivity contribution < 1.29 is 0 Å². The van der Waals surface area contributed by atoms with Crippen LogP contribution in [0.25, 0.3) is 60.2 Å². The van der Waals surface area contributed by atoms with E-state index in [9.17, 15) is 0 Å². The predicted molar refractivity (Wildman–Crippen MR) is 251 cm³/mol. The van der Waals surface area contributed by atoms with Gasteiger partial charge in [-0.3, -0.25) is 0 Å². The molecule has 3 heteroatoms. The van der Waals surface area contributed by atoms with Gasteiger partial charge in [0.2, 0.25) is 0 Å². The molecule has 0 bridgehead atoms. The molecule has 11 aromatic rings. The summed E-state index contributed by atoms with van der Waals surface area (Å²) in [6.45, 7) is 0. The summed E-state index contributed by atoms with van der Waals surface area (Å²) in [5.41, 5.74) is 12.6. The van der Waals surface area contributed by atoms with Gasteiger partial charge in [-0.2, -0.15) is 0 Å². The van der Waals surface area contributed by atoms with Gasteiger partial charge in [0.05, 0.1) is 22.4 Å². The molecule has 0 N–H and O–H groups in total. The predicted octanol–water partition coefficient (Wildman–Crippen LogP) is 15.7. The third-order valence-electron chi connectivity index (χ3n) is 11.5. The molecule has 0 aliphatic rings. The summed E-state index contributed by atoms with van der Waals surface area (Å²) in [6, 6.07) is 85.2. The third kappa shape index (κ3) is 6.00. The number of aromatic nitrogens is 1. The van der Waals surface area contributed by atoms with Crippen molar-refractivity contribution in [2.45, 2.75) is 0 Å². The van der Waals surface area contributed by atoms with Gasteiger partial charge >= 0.3 is 0 Å². The summed E-state index contributed by atoms with van der Waals surface area (Å²) in [6.07, 6.45) is 0. The van der Waals surface area contributed by atoms with Crippen LogP contribution in [-0.4, -0.2) is 4.57 Å². The number of fused-ring (bicyclic) bond motifs is 5. The fourth-order valence-corrected chi connectivity index (χ4v) is 8.89. The van der Waals surface area contributed by atoms with Gasteiger partial charge in [-0.15, -0.1) is 0 Å². The van der Waals surface area contributed by atoms with Crippen LogP contribution in [0.5, 0.6) is 0 Å². The van der Waals surface area contributed by atoms with Crippen LogP contribution in [0, 0.1) is 0 Å². The van der Waals surface area contributed by atoms with E-state index in [1.54, 1.807) is 0 Å². The molecule has 0 aliphatic heterocycles. The maximum absolute atomic E-state index is 2.42. The summed E-state index contributed by atoms with van der Waals surface area (Å²) >= 11 is 0. The van der Waals surface area contributed by atoms with Crippen molar-refractivity contribution in [1.82, 2.24) is 4.57 Å². The van der Waals surface area contributed by atoms with Crippen LogP contribution in [-0.2, 0) is 0 Å². The maximum atomic E-state index is 2.42. The highest BCUT2D eigenvalue weighted by molar-refractivity contribution is 6.16. The van der Waals surface area contributed by atoms with Crippen molar-refractivity contribution in [3.8, 4) is 16.8 Å². The van der Waals surface area contributed by atoms with Gasteiger partial charge in [-0.1, -0.05) is 152 Å². The molecule has 10 aromatic carbocycles. The first-order chi connectivity index (χ1) is 29.3. The van der Waals surface area contributed by atoms with Crippen LogP contribution >= 0.6 is 0 Å². The Kier molecular flexibility index (Phi) is 8.49. The third-order valence-corrected chi connectivity index (χ3v) is 11.5. The second kappa shape index (κ2) is 14.6. The minimum absolute atomic E-state index is 1.11. The normalized spacial score (nSPS) is 11.4. The fourth-order valence-electron chi connectivity index (χ4n) is 8.89. The van der Waals surface area contributed by atoms with Crippen molar-refractivity contribution in [1.29, 1.82) is 0 Å². The van der Waals surface area contributed by atoms with Crippen LogP contribution in [0.2, 0.25) is 0 Å². The van der Waals surface area contributed by atoms with Gasteiger partial charge < -0.3 is 14.4 Å². The zero-order valence-corrected chi connectivity index (χ0v) is 32.4. The largest absolute Gasteiger partial charge is 0.311 e. The summed E-state index contributed by atoms with van der Waals surface area (Å²) in [7, 11) is 0. The minimum Gasteiger partial charge on any atom is -0.311 e. The summed E-state index contributed by atoms with van der Waals surface area (Å²) in [4.78, 5) is 4.72. The lowest BCUT2D eigenvalue weighted by Crippen LogP contribution is -2.11. The van der Waals surface area contributed by atoms with Crippen LogP contribution in [0.3, 0.4) is 0 Å². The first kappa shape index (κ1) is 34.4. The van der Waals surface area contributed by atoms with E-state index in [0.717, 1.165) is 39.8 Å². The van der Waals surface area contributed by atoms with Crippen molar-refractivity contribution in [2.24, 2.45) is 0 Å². The molecule has 0 aliphatic carbocycles. The topological polar surface area (TPSA) is 11.4 Å². The van der Waals surface area contributed by atoms with E-state index < -0.39 is 0 Å². The Hall–Kier alpha value is -7.88. The molecule has 0 spiro atoms. The number of rotatable bonds is 8. The molecule has 59 heavy (non-hydrogen) atoms. The Bertz CT molecular complexity index is 3130. The highest BCUT2D eigenvalue weighted by atomic mass is 15.1. The van der Waals surface area contributed by atoms with Crippen molar-refractivity contribution >= 4 is 77.5 Å². The van der Waals surface area contributed by atoms with E-state index in [1.165, 1.54) is 54.5 Å². The zero-order chi connectivity index (χ0) is 39.1. The lowest BCUT2D eigenvalue weighted by Gasteiger charge is -2.28. The van der Waals surface area contributed by atoms with Crippen molar-refractivity contribution in [3.05, 3.63) is 237 Å². The molecular weight excluding hydrogens is 715 g/mol. The first-order valence-electron chi connectivity index (χ1n) is 20.2. The Morgan fingerprint density at radius 3 is 1.34 bits per heavy atom. The quantitative estimate of drug-likeness (QED) is 0.153. The van der Waals surface area contributed by atoms with E-state index >= 15 is 0 Å². The minimum atomic E-state index is 1.11. The Labute approximate surface area is 343 Å². The number of hydrogen-bond donors (Lipinski definition) is 0. The molecular formula is C56H39N3. The standard InChI is InChI=1S/C56H39N3/c1-3-20-43(21-4-1)57(44-22-5-2-6-23-44)45-36-38-47(39-37-45)59-54-28-12-11-26-51(54)56-50(27-15-31-55(56)59)42-32-34-46(35-33-42)58(52-29-13-18-40-16-7-9-24-48(40)52)53-30-14-19-41-17-8-10-25-49(41)53/h1-39H. The van der Waals surface area contributed by atoms with Crippen LogP contribution in [0.15, 0.2) is 237 Å². The van der Waals surface area contributed by atoms with E-state index in [4.69, 9.17) is 0 Å². The van der Waals surface area contributed by atoms with Crippen molar-refractivity contribution in [2.75, 3.05) is 9.80 Å². The van der Waals surface area contributed by atoms with Gasteiger partial charge in [0.25, 0.3) is 0 Å². The monoisotopic (exact) mass is 753 g/mol. The van der Waals surface area contributed by atoms with E-state index in [1.807, 2.05) is 0 Å². The average Bonchev–Trinajstić information content (AvgIpc) is 3.65. The molecule has 11 rings (SSSR count). The Morgan fingerprint density at radius 2 is 0.729 bits per heavy atom. The molecule has 0 amide bonds. The van der Waals surface area contributed by atoms with Gasteiger partial charge in [0.1, 0.15) is 0 Å². The highest BCUT2D eigenvalue weighted by Gasteiger charge is 2.20. The number of anilines is 6. The van der Waals surface area contributed by atoms with Crippen LogP contribution in [0.4, 0.5) is 34.1 Å².